The van der Waals surface area contributed by atoms with Gasteiger partial charge in [-0.15, -0.1) is 0 Å². The maximum absolute atomic E-state index is 2.47. The first-order chi connectivity index (χ1) is 16.7. The van der Waals surface area contributed by atoms with Crippen molar-refractivity contribution >= 4 is 22.9 Å². The summed E-state index contributed by atoms with van der Waals surface area (Å²) in [5.41, 5.74) is 11.6. The van der Waals surface area contributed by atoms with Crippen LogP contribution in [0, 0.1) is 5.92 Å². The summed E-state index contributed by atoms with van der Waals surface area (Å²) in [5.74, 6) is 1.50. The monoisotopic (exact) mass is 440 g/mol. The molecule has 0 heteroatoms. The molecule has 0 saturated carbocycles. The summed E-state index contributed by atoms with van der Waals surface area (Å²) in [6, 6.07) is 31.4. The third-order valence-corrected chi connectivity index (χ3v) is 8.10. The Kier molecular flexibility index (Phi) is 5.26. The minimum Gasteiger partial charge on any atom is -0.0654 e. The van der Waals surface area contributed by atoms with Gasteiger partial charge in [0.2, 0.25) is 0 Å². The van der Waals surface area contributed by atoms with Crippen LogP contribution >= 0.6 is 0 Å². The third-order valence-electron chi connectivity index (χ3n) is 8.10. The van der Waals surface area contributed by atoms with Gasteiger partial charge in [-0.2, -0.15) is 0 Å². The van der Waals surface area contributed by atoms with Gasteiger partial charge in [0.25, 0.3) is 0 Å². The first-order valence-electron chi connectivity index (χ1n) is 12.7. The maximum atomic E-state index is 2.47. The first kappa shape index (κ1) is 21.2. The lowest BCUT2D eigenvalue weighted by Gasteiger charge is -2.33. The lowest BCUT2D eigenvalue weighted by atomic mass is 9.70. The molecule has 0 spiro atoms. The molecule has 6 rings (SSSR count). The van der Waals surface area contributed by atoms with E-state index in [4.69, 9.17) is 0 Å². The van der Waals surface area contributed by atoms with Crippen LogP contribution in [-0.2, 0) is 0 Å². The summed E-state index contributed by atoms with van der Waals surface area (Å²) >= 11 is 0. The second-order valence-corrected chi connectivity index (χ2v) is 10.1. The second-order valence-electron chi connectivity index (χ2n) is 10.1. The SMILES string of the molecule is CCCC(C1C(C)=Cc2c(-c3ccccc3)cccc21)C1C(C)=Cc2c1ccc1ccccc21. The van der Waals surface area contributed by atoms with Crippen molar-refractivity contribution in [3.05, 3.63) is 118 Å². The highest BCUT2D eigenvalue weighted by molar-refractivity contribution is 5.94. The van der Waals surface area contributed by atoms with E-state index in [1.807, 2.05) is 0 Å². The predicted octanol–water partition coefficient (Wildman–Crippen LogP) is 9.62. The number of fused-ring (bicyclic) bond motifs is 4. The highest BCUT2D eigenvalue weighted by Crippen LogP contribution is 2.54. The zero-order valence-electron chi connectivity index (χ0n) is 20.4. The summed E-state index contributed by atoms with van der Waals surface area (Å²) in [5, 5.41) is 2.73. The van der Waals surface area contributed by atoms with Crippen molar-refractivity contribution < 1.29 is 0 Å². The third kappa shape index (κ3) is 3.28. The predicted molar refractivity (Wildman–Crippen MR) is 147 cm³/mol. The average molecular weight is 441 g/mol. The van der Waals surface area contributed by atoms with Crippen LogP contribution in [0.1, 0.15) is 67.7 Å². The molecule has 2 aliphatic carbocycles. The summed E-state index contributed by atoms with van der Waals surface area (Å²) in [4.78, 5) is 0. The summed E-state index contributed by atoms with van der Waals surface area (Å²) < 4.78 is 0. The molecule has 4 aromatic carbocycles. The zero-order valence-corrected chi connectivity index (χ0v) is 20.4. The van der Waals surface area contributed by atoms with Crippen LogP contribution in [0.5, 0.6) is 0 Å². The van der Waals surface area contributed by atoms with Crippen molar-refractivity contribution in [3.8, 4) is 11.1 Å². The Morgan fingerprint density at radius 3 is 2.09 bits per heavy atom. The molecule has 34 heavy (non-hydrogen) atoms. The molecule has 0 N–H and O–H groups in total. The molecule has 3 unspecified atom stereocenters. The molecular weight excluding hydrogens is 408 g/mol. The van der Waals surface area contributed by atoms with Crippen LogP contribution in [0.2, 0.25) is 0 Å². The van der Waals surface area contributed by atoms with Crippen molar-refractivity contribution in [3.63, 3.8) is 0 Å². The molecule has 4 aromatic rings. The number of rotatable bonds is 5. The molecule has 2 aliphatic rings. The van der Waals surface area contributed by atoms with Gasteiger partial charge in [-0.05, 0) is 70.3 Å². The van der Waals surface area contributed by atoms with Gasteiger partial charge in [-0.1, -0.05) is 122 Å². The minimum atomic E-state index is 0.462. The van der Waals surface area contributed by atoms with Gasteiger partial charge in [0.05, 0.1) is 0 Å². The number of hydrogen-bond acceptors (Lipinski definition) is 0. The van der Waals surface area contributed by atoms with Crippen LogP contribution in [0.3, 0.4) is 0 Å². The van der Waals surface area contributed by atoms with Crippen molar-refractivity contribution in [1.82, 2.24) is 0 Å². The largest absolute Gasteiger partial charge is 0.0654 e. The van der Waals surface area contributed by atoms with Crippen molar-refractivity contribution in [1.29, 1.82) is 0 Å². The summed E-state index contributed by atoms with van der Waals surface area (Å²) in [6.07, 6.45) is 7.38. The molecule has 0 nitrogen and oxygen atoms in total. The quantitative estimate of drug-likeness (QED) is 0.290. The number of allylic oxidation sites excluding steroid dienone is 2. The lowest BCUT2D eigenvalue weighted by molar-refractivity contribution is 0.384. The minimum absolute atomic E-state index is 0.462. The number of benzene rings is 4. The fourth-order valence-corrected chi connectivity index (χ4v) is 6.75. The Morgan fingerprint density at radius 1 is 0.647 bits per heavy atom. The van der Waals surface area contributed by atoms with Gasteiger partial charge in [-0.3, -0.25) is 0 Å². The van der Waals surface area contributed by atoms with Gasteiger partial charge in [0, 0.05) is 11.8 Å². The molecule has 0 heterocycles. The molecule has 168 valence electrons. The van der Waals surface area contributed by atoms with Gasteiger partial charge >= 0.3 is 0 Å². The second kappa shape index (κ2) is 8.44. The van der Waals surface area contributed by atoms with Crippen molar-refractivity contribution in [2.45, 2.75) is 45.4 Å². The molecule has 0 aromatic heterocycles. The molecule has 0 radical (unpaired) electrons. The molecule has 0 aliphatic heterocycles. The molecule has 0 bridgehead atoms. The molecule has 0 amide bonds. The Labute approximate surface area is 203 Å². The first-order valence-corrected chi connectivity index (χ1v) is 12.7. The fraction of sp³-hybridized carbons (Fsp3) is 0.235. The van der Waals surface area contributed by atoms with E-state index in [-0.39, 0.29) is 0 Å². The van der Waals surface area contributed by atoms with E-state index in [2.05, 4.69) is 118 Å². The van der Waals surface area contributed by atoms with Gasteiger partial charge < -0.3 is 0 Å². The van der Waals surface area contributed by atoms with Crippen LogP contribution in [-0.4, -0.2) is 0 Å². The molecule has 3 atom stereocenters. The highest BCUT2D eigenvalue weighted by atomic mass is 14.4. The topological polar surface area (TPSA) is 0 Å². The van der Waals surface area contributed by atoms with Gasteiger partial charge in [-0.25, -0.2) is 0 Å². The van der Waals surface area contributed by atoms with E-state index in [1.54, 1.807) is 0 Å². The Hall–Kier alpha value is -3.38. The van der Waals surface area contributed by atoms with Crippen LogP contribution in [0.4, 0.5) is 0 Å². The van der Waals surface area contributed by atoms with E-state index in [9.17, 15) is 0 Å². The summed E-state index contributed by atoms with van der Waals surface area (Å²) in [7, 11) is 0. The van der Waals surface area contributed by atoms with Gasteiger partial charge in [0.15, 0.2) is 0 Å². The molecular formula is C34H32. The van der Waals surface area contributed by atoms with E-state index >= 15 is 0 Å². The van der Waals surface area contributed by atoms with Crippen molar-refractivity contribution in [2.75, 3.05) is 0 Å². The van der Waals surface area contributed by atoms with Crippen LogP contribution < -0.4 is 0 Å². The van der Waals surface area contributed by atoms with Crippen LogP contribution in [0.25, 0.3) is 34.1 Å². The lowest BCUT2D eigenvalue weighted by Crippen LogP contribution is -2.21. The van der Waals surface area contributed by atoms with Crippen LogP contribution in [0.15, 0.2) is 96.1 Å². The van der Waals surface area contributed by atoms with Crippen molar-refractivity contribution in [2.24, 2.45) is 5.92 Å². The molecule has 0 saturated heterocycles. The number of hydrogen-bond donors (Lipinski definition) is 0. The Bertz CT molecular complexity index is 1430. The maximum Gasteiger partial charge on any atom is 0.00921 e. The standard InChI is InChI=1S/C34H32/c1-4-11-30(34-23(3)21-32-26-15-9-8-14-25(26)18-19-29(32)34)33-22(2)20-31-27(16-10-17-28(31)33)24-12-6-5-7-13-24/h5-10,12-21,30,33-34H,4,11H2,1-3H3. The Morgan fingerprint density at radius 2 is 1.32 bits per heavy atom. The average Bonchev–Trinajstić information content (AvgIpc) is 3.39. The van der Waals surface area contributed by atoms with E-state index in [1.165, 1.54) is 68.1 Å². The van der Waals surface area contributed by atoms with E-state index in [0.29, 0.717) is 17.8 Å². The van der Waals surface area contributed by atoms with Gasteiger partial charge in [0.1, 0.15) is 0 Å². The molecule has 0 fully saturated rings. The smallest absolute Gasteiger partial charge is 0.00921 e. The summed E-state index contributed by atoms with van der Waals surface area (Å²) in [6.45, 7) is 7.06. The van der Waals surface area contributed by atoms with E-state index < -0.39 is 0 Å². The fourth-order valence-electron chi connectivity index (χ4n) is 6.75. The highest BCUT2D eigenvalue weighted by Gasteiger charge is 2.39. The van der Waals surface area contributed by atoms with E-state index in [0.717, 1.165) is 0 Å². The zero-order chi connectivity index (χ0) is 23.2. The normalized spacial score (nSPS) is 19.5. The Balaban J connectivity index is 1.48.